The van der Waals surface area contributed by atoms with Gasteiger partial charge in [0, 0.05) is 16.5 Å². The van der Waals surface area contributed by atoms with Crippen molar-refractivity contribution in [3.8, 4) is 11.4 Å². The summed E-state index contributed by atoms with van der Waals surface area (Å²) >= 11 is 1.77. The van der Waals surface area contributed by atoms with E-state index in [4.69, 9.17) is 4.98 Å². The molecule has 0 bridgehead atoms. The van der Waals surface area contributed by atoms with E-state index in [-0.39, 0.29) is 0 Å². The van der Waals surface area contributed by atoms with Gasteiger partial charge >= 0.3 is 0 Å². The Hall–Kier alpha value is -2.13. The zero-order chi connectivity index (χ0) is 15.4. The molecule has 3 rings (SSSR count). The van der Waals surface area contributed by atoms with Gasteiger partial charge in [-0.3, -0.25) is 0 Å². The molecule has 2 aromatic carbocycles. The summed E-state index contributed by atoms with van der Waals surface area (Å²) in [4.78, 5) is 9.28. The zero-order valence-corrected chi connectivity index (χ0v) is 13.5. The quantitative estimate of drug-likeness (QED) is 0.483. The summed E-state index contributed by atoms with van der Waals surface area (Å²) in [5.41, 5.74) is 3.36. The Morgan fingerprint density at radius 2 is 1.50 bits per heavy atom. The molecule has 1 atom stereocenters. The Labute approximate surface area is 135 Å². The lowest BCUT2D eigenvalue weighted by atomic mass is 10.2. The highest BCUT2D eigenvalue weighted by Gasteiger charge is 2.10. The minimum Gasteiger partial charge on any atom is -0.233 e. The van der Waals surface area contributed by atoms with Crippen LogP contribution in [0.5, 0.6) is 0 Å². The highest BCUT2D eigenvalue weighted by Crippen LogP contribution is 2.34. The highest BCUT2D eigenvalue weighted by molar-refractivity contribution is 7.99. The van der Waals surface area contributed by atoms with Crippen LogP contribution >= 0.6 is 11.8 Å². The summed E-state index contributed by atoms with van der Waals surface area (Å²) in [7, 11) is 0. The average Bonchev–Trinajstić information content (AvgIpc) is 2.56. The maximum atomic E-state index is 4.72. The van der Waals surface area contributed by atoms with Gasteiger partial charge in [0.15, 0.2) is 5.82 Å². The van der Waals surface area contributed by atoms with Crippen LogP contribution in [0.4, 0.5) is 0 Å². The molecule has 3 heteroatoms. The molecule has 1 heterocycles. The topological polar surface area (TPSA) is 25.8 Å². The van der Waals surface area contributed by atoms with Gasteiger partial charge in [0.2, 0.25) is 0 Å². The predicted molar refractivity (Wildman–Crippen MR) is 92.9 cm³/mol. The second-order valence-corrected chi connectivity index (χ2v) is 6.57. The number of hydrogen-bond acceptors (Lipinski definition) is 3. The summed E-state index contributed by atoms with van der Waals surface area (Å²) in [6.07, 6.45) is 0. The summed E-state index contributed by atoms with van der Waals surface area (Å²) in [5, 5.41) is 1.38. The van der Waals surface area contributed by atoms with Gasteiger partial charge in [-0.2, -0.15) is 0 Å². The van der Waals surface area contributed by atoms with Crippen LogP contribution in [0.3, 0.4) is 0 Å². The average molecular weight is 306 g/mol. The number of aromatic nitrogens is 2. The summed E-state index contributed by atoms with van der Waals surface area (Å²) in [6, 6.07) is 22.7. The maximum Gasteiger partial charge on any atom is 0.160 e. The monoisotopic (exact) mass is 306 g/mol. The molecule has 0 aliphatic carbocycles. The first kappa shape index (κ1) is 14.8. The SMILES string of the molecule is Cc1cc(SC(C)c2ccccc2)nc(-c2ccccc2)n1. The third-order valence-electron chi connectivity index (χ3n) is 3.43. The van der Waals surface area contributed by atoms with E-state index >= 15 is 0 Å². The van der Waals surface area contributed by atoms with E-state index < -0.39 is 0 Å². The van der Waals surface area contributed by atoms with Crippen molar-refractivity contribution >= 4 is 11.8 Å². The van der Waals surface area contributed by atoms with E-state index in [1.807, 2.05) is 43.3 Å². The van der Waals surface area contributed by atoms with Crippen molar-refractivity contribution in [2.45, 2.75) is 24.1 Å². The molecule has 0 saturated heterocycles. The van der Waals surface area contributed by atoms with Crippen LogP contribution in [0, 0.1) is 6.92 Å². The fraction of sp³-hybridized carbons (Fsp3) is 0.158. The van der Waals surface area contributed by atoms with Crippen LogP contribution in [0.2, 0.25) is 0 Å². The molecular formula is C19H18N2S. The molecule has 3 aromatic rings. The molecule has 0 spiro atoms. The third-order valence-corrected chi connectivity index (χ3v) is 4.51. The van der Waals surface area contributed by atoms with Crippen LogP contribution < -0.4 is 0 Å². The fourth-order valence-electron chi connectivity index (χ4n) is 2.29. The van der Waals surface area contributed by atoms with E-state index in [1.54, 1.807) is 11.8 Å². The number of thioether (sulfide) groups is 1. The van der Waals surface area contributed by atoms with Crippen molar-refractivity contribution in [2.75, 3.05) is 0 Å². The molecule has 0 radical (unpaired) electrons. The largest absolute Gasteiger partial charge is 0.233 e. The van der Waals surface area contributed by atoms with Crippen molar-refractivity contribution in [2.24, 2.45) is 0 Å². The van der Waals surface area contributed by atoms with Gasteiger partial charge in [0.05, 0.1) is 0 Å². The lowest BCUT2D eigenvalue weighted by molar-refractivity contribution is 1.00. The Balaban J connectivity index is 1.87. The van der Waals surface area contributed by atoms with Crippen LogP contribution in [0.25, 0.3) is 11.4 Å². The van der Waals surface area contributed by atoms with E-state index in [2.05, 4.69) is 42.2 Å². The second kappa shape index (κ2) is 6.75. The molecule has 0 fully saturated rings. The standard InChI is InChI=1S/C19H18N2S/c1-14-13-18(22-15(2)16-9-5-3-6-10-16)21-19(20-14)17-11-7-4-8-12-17/h3-13,15H,1-2H3. The fourth-order valence-corrected chi connectivity index (χ4v) is 3.32. The van der Waals surface area contributed by atoms with Crippen LogP contribution in [0.1, 0.15) is 23.4 Å². The molecule has 110 valence electrons. The van der Waals surface area contributed by atoms with Crippen molar-refractivity contribution in [3.05, 3.63) is 78.0 Å². The van der Waals surface area contributed by atoms with E-state index in [0.717, 1.165) is 22.1 Å². The van der Waals surface area contributed by atoms with Gasteiger partial charge in [0.1, 0.15) is 5.03 Å². The smallest absolute Gasteiger partial charge is 0.160 e. The molecule has 0 aliphatic heterocycles. The number of hydrogen-bond donors (Lipinski definition) is 0. The molecule has 1 aromatic heterocycles. The van der Waals surface area contributed by atoms with E-state index in [0.29, 0.717) is 5.25 Å². The molecule has 22 heavy (non-hydrogen) atoms. The zero-order valence-electron chi connectivity index (χ0n) is 12.7. The maximum absolute atomic E-state index is 4.72. The normalized spacial score (nSPS) is 12.1. The van der Waals surface area contributed by atoms with Crippen molar-refractivity contribution in [1.82, 2.24) is 9.97 Å². The molecule has 1 unspecified atom stereocenters. The van der Waals surface area contributed by atoms with Gasteiger partial charge in [-0.1, -0.05) is 72.4 Å². The van der Waals surface area contributed by atoms with E-state index in [1.165, 1.54) is 5.56 Å². The summed E-state index contributed by atoms with van der Waals surface area (Å²) in [6.45, 7) is 4.23. The lowest BCUT2D eigenvalue weighted by Gasteiger charge is -2.12. The van der Waals surface area contributed by atoms with E-state index in [9.17, 15) is 0 Å². The Kier molecular flexibility index (Phi) is 4.54. The number of benzene rings is 2. The minimum absolute atomic E-state index is 0.360. The Bertz CT molecular complexity index is 742. The molecule has 0 N–H and O–H groups in total. The first-order chi connectivity index (χ1) is 10.7. The number of nitrogens with zero attached hydrogens (tertiary/aromatic N) is 2. The minimum atomic E-state index is 0.360. The molecule has 0 amide bonds. The first-order valence-electron chi connectivity index (χ1n) is 7.35. The predicted octanol–water partition coefficient (Wildman–Crippen LogP) is 5.31. The number of aryl methyl sites for hydroxylation is 1. The second-order valence-electron chi connectivity index (χ2n) is 5.21. The third kappa shape index (κ3) is 3.55. The molecular weight excluding hydrogens is 288 g/mol. The van der Waals surface area contributed by atoms with Gasteiger partial charge in [-0.25, -0.2) is 9.97 Å². The van der Waals surface area contributed by atoms with Gasteiger partial charge in [-0.05, 0) is 25.5 Å². The Morgan fingerprint density at radius 1 is 0.864 bits per heavy atom. The van der Waals surface area contributed by atoms with Crippen LogP contribution in [-0.2, 0) is 0 Å². The van der Waals surface area contributed by atoms with Crippen LogP contribution in [-0.4, -0.2) is 9.97 Å². The molecule has 0 saturated carbocycles. The molecule has 2 nitrogen and oxygen atoms in total. The van der Waals surface area contributed by atoms with Crippen molar-refractivity contribution in [1.29, 1.82) is 0 Å². The first-order valence-corrected chi connectivity index (χ1v) is 8.23. The van der Waals surface area contributed by atoms with Gasteiger partial charge < -0.3 is 0 Å². The summed E-state index contributed by atoms with van der Waals surface area (Å²) < 4.78 is 0. The van der Waals surface area contributed by atoms with Crippen LogP contribution in [0.15, 0.2) is 71.8 Å². The molecule has 0 aliphatic rings. The number of rotatable bonds is 4. The van der Waals surface area contributed by atoms with Gasteiger partial charge in [0.25, 0.3) is 0 Å². The highest BCUT2D eigenvalue weighted by atomic mass is 32.2. The summed E-state index contributed by atoms with van der Waals surface area (Å²) in [5.74, 6) is 0.795. The Morgan fingerprint density at radius 3 is 2.18 bits per heavy atom. The van der Waals surface area contributed by atoms with Crippen molar-refractivity contribution < 1.29 is 0 Å². The van der Waals surface area contributed by atoms with Crippen molar-refractivity contribution in [3.63, 3.8) is 0 Å². The lowest BCUT2D eigenvalue weighted by Crippen LogP contribution is -1.96. The van der Waals surface area contributed by atoms with Gasteiger partial charge in [-0.15, -0.1) is 0 Å².